The lowest BCUT2D eigenvalue weighted by molar-refractivity contribution is -0.153. The Morgan fingerprint density at radius 3 is 2.78 bits per heavy atom. The van der Waals surface area contributed by atoms with Crippen LogP contribution < -0.4 is 5.32 Å². The molecule has 0 radical (unpaired) electrons. The number of hydrogen-bond donors (Lipinski definition) is 1. The molecule has 1 amide bonds. The maximum Gasteiger partial charge on any atom is 0.310 e. The first-order chi connectivity index (χ1) is 8.33. The summed E-state index contributed by atoms with van der Waals surface area (Å²) in [7, 11) is 0. The van der Waals surface area contributed by atoms with E-state index in [9.17, 15) is 9.59 Å². The van der Waals surface area contributed by atoms with E-state index in [-0.39, 0.29) is 18.3 Å². The average Bonchev–Trinajstić information content (AvgIpc) is 2.53. The molecule has 1 aromatic rings. The van der Waals surface area contributed by atoms with Crippen molar-refractivity contribution in [3.63, 3.8) is 0 Å². The van der Waals surface area contributed by atoms with E-state index in [1.165, 1.54) is 0 Å². The van der Waals surface area contributed by atoms with Gasteiger partial charge in [0.1, 0.15) is 5.60 Å². The van der Waals surface area contributed by atoms with Gasteiger partial charge in [0.25, 0.3) is 0 Å². The number of carbonyl (C=O) groups excluding carboxylic acids is 2. The van der Waals surface area contributed by atoms with Gasteiger partial charge in [-0.05, 0) is 38.0 Å². The Balaban J connectivity index is 2.05. The number of fused-ring (bicyclic) bond motifs is 1. The standard InChI is InChI=1S/C14H17NO3/c1-14(2,3)18-13(17)7-9-4-5-11-10(6-9)8-12(16)15-11/h4-6H,7-8H2,1-3H3,(H,15,16). The molecule has 96 valence electrons. The summed E-state index contributed by atoms with van der Waals surface area (Å²) in [4.78, 5) is 22.9. The second kappa shape index (κ2) is 4.44. The fourth-order valence-electron chi connectivity index (χ4n) is 1.94. The predicted octanol–water partition coefficient (Wildman–Crippen LogP) is 2.07. The first-order valence-electron chi connectivity index (χ1n) is 5.97. The second-order valence-corrected chi connectivity index (χ2v) is 5.48. The number of carbonyl (C=O) groups is 2. The quantitative estimate of drug-likeness (QED) is 0.814. The summed E-state index contributed by atoms with van der Waals surface area (Å²) in [5, 5.41) is 2.76. The van der Waals surface area contributed by atoms with Crippen LogP contribution in [0.5, 0.6) is 0 Å². The van der Waals surface area contributed by atoms with E-state index >= 15 is 0 Å². The van der Waals surface area contributed by atoms with Crippen LogP contribution in [0.2, 0.25) is 0 Å². The first-order valence-corrected chi connectivity index (χ1v) is 5.97. The van der Waals surface area contributed by atoms with Crippen molar-refractivity contribution in [1.82, 2.24) is 0 Å². The van der Waals surface area contributed by atoms with Crippen LogP contribution in [0.4, 0.5) is 5.69 Å². The molecule has 0 aliphatic carbocycles. The topological polar surface area (TPSA) is 55.4 Å². The first kappa shape index (κ1) is 12.6. The van der Waals surface area contributed by atoms with Gasteiger partial charge in [-0.15, -0.1) is 0 Å². The zero-order valence-corrected chi connectivity index (χ0v) is 10.9. The molecule has 0 spiro atoms. The molecule has 18 heavy (non-hydrogen) atoms. The molecule has 0 atom stereocenters. The van der Waals surface area contributed by atoms with Crippen molar-refractivity contribution < 1.29 is 14.3 Å². The summed E-state index contributed by atoms with van der Waals surface area (Å²) in [6, 6.07) is 5.56. The summed E-state index contributed by atoms with van der Waals surface area (Å²) in [5.41, 5.74) is 2.19. The largest absolute Gasteiger partial charge is 0.460 e. The van der Waals surface area contributed by atoms with Crippen molar-refractivity contribution >= 4 is 17.6 Å². The van der Waals surface area contributed by atoms with Crippen molar-refractivity contribution in [2.24, 2.45) is 0 Å². The van der Waals surface area contributed by atoms with Crippen molar-refractivity contribution in [3.05, 3.63) is 29.3 Å². The van der Waals surface area contributed by atoms with Crippen LogP contribution in [0.3, 0.4) is 0 Å². The molecule has 0 bridgehead atoms. The number of rotatable bonds is 2. The minimum Gasteiger partial charge on any atom is -0.460 e. The summed E-state index contributed by atoms with van der Waals surface area (Å²) >= 11 is 0. The van der Waals surface area contributed by atoms with Gasteiger partial charge in [-0.2, -0.15) is 0 Å². The maximum atomic E-state index is 11.7. The Morgan fingerprint density at radius 2 is 2.11 bits per heavy atom. The highest BCUT2D eigenvalue weighted by Crippen LogP contribution is 2.24. The molecule has 4 heteroatoms. The number of hydrogen-bond acceptors (Lipinski definition) is 3. The van der Waals surface area contributed by atoms with E-state index < -0.39 is 5.60 Å². The third kappa shape index (κ3) is 3.09. The molecular weight excluding hydrogens is 230 g/mol. The van der Waals surface area contributed by atoms with Crippen LogP contribution in [0.15, 0.2) is 18.2 Å². The number of anilines is 1. The smallest absolute Gasteiger partial charge is 0.310 e. The fraction of sp³-hybridized carbons (Fsp3) is 0.429. The van der Waals surface area contributed by atoms with Crippen LogP contribution in [0, 0.1) is 0 Å². The molecular formula is C14H17NO3. The van der Waals surface area contributed by atoms with Crippen LogP contribution in [0.1, 0.15) is 31.9 Å². The number of benzene rings is 1. The molecule has 1 aromatic carbocycles. The van der Waals surface area contributed by atoms with Crippen LogP contribution in [0.25, 0.3) is 0 Å². The van der Waals surface area contributed by atoms with Gasteiger partial charge in [0, 0.05) is 5.69 Å². The summed E-state index contributed by atoms with van der Waals surface area (Å²) < 4.78 is 5.26. The maximum absolute atomic E-state index is 11.7. The Hall–Kier alpha value is -1.84. The van der Waals surface area contributed by atoms with Gasteiger partial charge in [-0.25, -0.2) is 0 Å². The average molecular weight is 247 g/mol. The molecule has 0 saturated carbocycles. The van der Waals surface area contributed by atoms with E-state index in [4.69, 9.17) is 4.74 Å². The minimum atomic E-state index is -0.467. The van der Waals surface area contributed by atoms with Gasteiger partial charge < -0.3 is 10.1 Å². The Kier molecular flexibility index (Phi) is 3.11. The van der Waals surface area contributed by atoms with Crippen LogP contribution in [-0.4, -0.2) is 17.5 Å². The zero-order chi connectivity index (χ0) is 13.3. The Morgan fingerprint density at radius 1 is 1.39 bits per heavy atom. The number of nitrogens with one attached hydrogen (secondary N) is 1. The SMILES string of the molecule is CC(C)(C)OC(=O)Cc1ccc2c(c1)CC(=O)N2. The normalized spacial score (nSPS) is 14.1. The minimum absolute atomic E-state index is 0.000539. The van der Waals surface area contributed by atoms with Crippen molar-refractivity contribution in [2.75, 3.05) is 5.32 Å². The summed E-state index contributed by atoms with van der Waals surface area (Å²) in [6.07, 6.45) is 0.621. The zero-order valence-electron chi connectivity index (χ0n) is 10.9. The van der Waals surface area contributed by atoms with Crippen molar-refractivity contribution in [1.29, 1.82) is 0 Å². The summed E-state index contributed by atoms with van der Waals surface area (Å²) in [5.74, 6) is -0.251. The van der Waals surface area contributed by atoms with E-state index in [1.807, 2.05) is 39.0 Å². The van der Waals surface area contributed by atoms with Crippen LogP contribution >= 0.6 is 0 Å². The fourth-order valence-corrected chi connectivity index (χ4v) is 1.94. The Bertz CT molecular complexity index is 500. The van der Waals surface area contributed by atoms with Gasteiger partial charge in [0.15, 0.2) is 0 Å². The lowest BCUT2D eigenvalue weighted by Gasteiger charge is -2.19. The van der Waals surface area contributed by atoms with Crippen LogP contribution in [-0.2, 0) is 27.2 Å². The monoisotopic (exact) mass is 247 g/mol. The van der Waals surface area contributed by atoms with Gasteiger partial charge in [0.05, 0.1) is 12.8 Å². The number of esters is 1. The van der Waals surface area contributed by atoms with Crippen molar-refractivity contribution in [2.45, 2.75) is 39.2 Å². The van der Waals surface area contributed by atoms with Gasteiger partial charge >= 0.3 is 5.97 Å². The van der Waals surface area contributed by atoms with Gasteiger partial charge in [-0.3, -0.25) is 9.59 Å². The lowest BCUT2D eigenvalue weighted by Crippen LogP contribution is -2.24. The van der Waals surface area contributed by atoms with E-state index in [0.717, 1.165) is 16.8 Å². The summed E-state index contributed by atoms with van der Waals surface area (Å²) in [6.45, 7) is 5.53. The third-order valence-electron chi connectivity index (χ3n) is 2.56. The molecule has 1 N–H and O–H groups in total. The molecule has 4 nitrogen and oxygen atoms in total. The van der Waals surface area contributed by atoms with Gasteiger partial charge in [0.2, 0.25) is 5.91 Å². The number of amides is 1. The number of ether oxygens (including phenoxy) is 1. The lowest BCUT2D eigenvalue weighted by atomic mass is 10.1. The molecule has 0 saturated heterocycles. The van der Waals surface area contributed by atoms with E-state index in [1.54, 1.807) is 0 Å². The second-order valence-electron chi connectivity index (χ2n) is 5.48. The Labute approximate surface area is 106 Å². The highest BCUT2D eigenvalue weighted by atomic mass is 16.6. The third-order valence-corrected chi connectivity index (χ3v) is 2.56. The molecule has 1 aliphatic rings. The molecule has 1 heterocycles. The van der Waals surface area contributed by atoms with E-state index in [0.29, 0.717) is 6.42 Å². The predicted molar refractivity (Wildman–Crippen MR) is 68.3 cm³/mol. The molecule has 0 unspecified atom stereocenters. The highest BCUT2D eigenvalue weighted by Gasteiger charge is 2.20. The molecule has 0 fully saturated rings. The molecule has 0 aromatic heterocycles. The van der Waals surface area contributed by atoms with Gasteiger partial charge in [-0.1, -0.05) is 12.1 Å². The molecule has 1 aliphatic heterocycles. The highest BCUT2D eigenvalue weighted by molar-refractivity contribution is 5.99. The van der Waals surface area contributed by atoms with Crippen molar-refractivity contribution in [3.8, 4) is 0 Å². The van der Waals surface area contributed by atoms with E-state index in [2.05, 4.69) is 5.32 Å². The molecule has 2 rings (SSSR count).